The number of thiophene rings is 1. The van der Waals surface area contributed by atoms with Gasteiger partial charge in [0.25, 0.3) is 0 Å². The molecule has 22 heavy (non-hydrogen) atoms. The van der Waals surface area contributed by atoms with Crippen molar-refractivity contribution in [1.29, 1.82) is 0 Å². The largest absolute Gasteiger partial charge is 0.152 e. The quantitative estimate of drug-likeness (QED) is 0.537. The first kappa shape index (κ1) is 14.8. The van der Waals surface area contributed by atoms with Crippen LogP contribution >= 0.6 is 11.3 Å². The maximum absolute atomic E-state index is 2.31. The second-order valence-corrected chi connectivity index (χ2v) is 6.50. The van der Waals surface area contributed by atoms with E-state index < -0.39 is 0 Å². The van der Waals surface area contributed by atoms with E-state index in [0.29, 0.717) is 5.92 Å². The molecule has 0 saturated carbocycles. The Morgan fingerprint density at radius 1 is 0.864 bits per heavy atom. The van der Waals surface area contributed by atoms with Crippen molar-refractivity contribution in [3.63, 3.8) is 0 Å². The normalized spacial score (nSPS) is 12.6. The molecule has 0 bridgehead atoms. The highest BCUT2D eigenvalue weighted by molar-refractivity contribution is 7.08. The maximum atomic E-state index is 2.31. The molecule has 3 rings (SSSR count). The molecule has 0 N–H and O–H groups in total. The Morgan fingerprint density at radius 2 is 1.64 bits per heavy atom. The number of hydrogen-bond acceptors (Lipinski definition) is 1. The van der Waals surface area contributed by atoms with E-state index in [2.05, 4.69) is 91.4 Å². The lowest BCUT2D eigenvalue weighted by molar-refractivity contribution is 1.04. The summed E-state index contributed by atoms with van der Waals surface area (Å²) >= 11 is 1.76. The summed E-state index contributed by atoms with van der Waals surface area (Å²) in [5, 5.41) is 4.40. The molecule has 1 aromatic heterocycles. The topological polar surface area (TPSA) is 0 Å². The number of allylic oxidation sites excluding steroid dienone is 1. The van der Waals surface area contributed by atoms with Crippen LogP contribution in [0.3, 0.4) is 0 Å². The molecule has 110 valence electrons. The number of rotatable bonds is 4. The Hall–Kier alpha value is -2.12. The zero-order valence-corrected chi connectivity index (χ0v) is 13.8. The number of hydrogen-bond donors (Lipinski definition) is 0. The minimum Gasteiger partial charge on any atom is -0.152 e. The molecule has 2 aromatic carbocycles. The summed E-state index contributed by atoms with van der Waals surface area (Å²) in [5.41, 5.74) is 6.57. The van der Waals surface area contributed by atoms with Crippen LogP contribution in [0.25, 0.3) is 6.08 Å². The third kappa shape index (κ3) is 3.55. The van der Waals surface area contributed by atoms with Crippen LogP contribution in [0, 0.1) is 13.8 Å². The third-order valence-electron chi connectivity index (χ3n) is 3.83. The molecule has 0 aliphatic carbocycles. The van der Waals surface area contributed by atoms with Crippen LogP contribution in [0.15, 0.2) is 71.4 Å². The first-order valence-electron chi connectivity index (χ1n) is 7.56. The Balaban J connectivity index is 1.96. The van der Waals surface area contributed by atoms with E-state index in [4.69, 9.17) is 0 Å². The number of benzene rings is 2. The van der Waals surface area contributed by atoms with Gasteiger partial charge in [0.1, 0.15) is 0 Å². The monoisotopic (exact) mass is 304 g/mol. The SMILES string of the molecule is Cc1cccc(/C=C/C(c2ccsc2)c2cccc(C)c2)c1. The summed E-state index contributed by atoms with van der Waals surface area (Å²) in [6.45, 7) is 4.28. The summed E-state index contributed by atoms with van der Waals surface area (Å²) in [4.78, 5) is 0. The predicted molar refractivity (Wildman–Crippen MR) is 97.6 cm³/mol. The van der Waals surface area contributed by atoms with Gasteiger partial charge in [0.05, 0.1) is 0 Å². The zero-order valence-electron chi connectivity index (χ0n) is 13.0. The van der Waals surface area contributed by atoms with Crippen molar-refractivity contribution < 1.29 is 0 Å². The second kappa shape index (κ2) is 6.76. The molecule has 3 aromatic rings. The van der Waals surface area contributed by atoms with Gasteiger partial charge in [-0.15, -0.1) is 0 Å². The van der Waals surface area contributed by atoms with Gasteiger partial charge in [0, 0.05) is 5.92 Å². The first-order valence-corrected chi connectivity index (χ1v) is 8.50. The summed E-state index contributed by atoms with van der Waals surface area (Å²) in [6.07, 6.45) is 4.54. The van der Waals surface area contributed by atoms with Crippen LogP contribution in [-0.4, -0.2) is 0 Å². The highest BCUT2D eigenvalue weighted by Crippen LogP contribution is 2.29. The molecule has 1 heterocycles. The van der Waals surface area contributed by atoms with E-state index in [1.54, 1.807) is 11.3 Å². The lowest BCUT2D eigenvalue weighted by Gasteiger charge is -2.13. The van der Waals surface area contributed by atoms with Crippen LogP contribution in [0.1, 0.15) is 33.7 Å². The van der Waals surface area contributed by atoms with Crippen LogP contribution in [0.2, 0.25) is 0 Å². The Labute approximate surface area is 136 Å². The zero-order chi connectivity index (χ0) is 15.4. The Morgan fingerprint density at radius 3 is 2.32 bits per heavy atom. The van der Waals surface area contributed by atoms with E-state index in [0.717, 1.165) is 0 Å². The highest BCUT2D eigenvalue weighted by Gasteiger charge is 2.11. The molecular weight excluding hydrogens is 284 g/mol. The predicted octanol–water partition coefficient (Wildman–Crippen LogP) is 6.21. The lowest BCUT2D eigenvalue weighted by Crippen LogP contribution is -1.96. The van der Waals surface area contributed by atoms with Gasteiger partial charge in [-0.1, -0.05) is 71.8 Å². The van der Waals surface area contributed by atoms with Crippen LogP contribution in [0.4, 0.5) is 0 Å². The minimum absolute atomic E-state index is 0.312. The molecule has 0 aliphatic heterocycles. The van der Waals surface area contributed by atoms with Gasteiger partial charge in [-0.2, -0.15) is 11.3 Å². The van der Waals surface area contributed by atoms with Crippen molar-refractivity contribution in [3.8, 4) is 0 Å². The standard InChI is InChI=1S/C21H20S/c1-16-5-3-7-18(13-16)9-10-21(20-11-12-22-15-20)19-8-4-6-17(2)14-19/h3-15,21H,1-2H3/b10-9+. The van der Waals surface area contributed by atoms with Gasteiger partial charge < -0.3 is 0 Å². The summed E-state index contributed by atoms with van der Waals surface area (Å²) in [5.74, 6) is 0.312. The van der Waals surface area contributed by atoms with Crippen molar-refractivity contribution in [3.05, 3.63) is 99.3 Å². The molecule has 1 unspecified atom stereocenters. The smallest absolute Gasteiger partial charge is 0.0281 e. The Kier molecular flexibility index (Phi) is 4.55. The van der Waals surface area contributed by atoms with Gasteiger partial charge in [-0.3, -0.25) is 0 Å². The van der Waals surface area contributed by atoms with E-state index in [1.165, 1.54) is 27.8 Å². The highest BCUT2D eigenvalue weighted by atomic mass is 32.1. The van der Waals surface area contributed by atoms with Crippen molar-refractivity contribution in [2.24, 2.45) is 0 Å². The van der Waals surface area contributed by atoms with Crippen molar-refractivity contribution >= 4 is 17.4 Å². The Bertz CT molecular complexity index is 766. The van der Waals surface area contributed by atoms with Gasteiger partial charge in [-0.25, -0.2) is 0 Å². The maximum Gasteiger partial charge on any atom is 0.0281 e. The van der Waals surface area contributed by atoms with Crippen molar-refractivity contribution in [1.82, 2.24) is 0 Å². The van der Waals surface area contributed by atoms with Crippen molar-refractivity contribution in [2.75, 3.05) is 0 Å². The molecule has 0 spiro atoms. The fourth-order valence-corrected chi connectivity index (χ4v) is 3.41. The van der Waals surface area contributed by atoms with E-state index in [-0.39, 0.29) is 0 Å². The first-order chi connectivity index (χ1) is 10.7. The molecule has 1 atom stereocenters. The van der Waals surface area contributed by atoms with Gasteiger partial charge >= 0.3 is 0 Å². The van der Waals surface area contributed by atoms with E-state index in [1.807, 2.05) is 0 Å². The van der Waals surface area contributed by atoms with E-state index >= 15 is 0 Å². The fraction of sp³-hybridized carbons (Fsp3) is 0.143. The lowest BCUT2D eigenvalue weighted by atomic mass is 9.91. The van der Waals surface area contributed by atoms with E-state index in [9.17, 15) is 0 Å². The number of aryl methyl sites for hydroxylation is 2. The molecule has 0 aliphatic rings. The molecule has 0 radical (unpaired) electrons. The van der Waals surface area contributed by atoms with Crippen molar-refractivity contribution in [2.45, 2.75) is 19.8 Å². The average molecular weight is 304 g/mol. The second-order valence-electron chi connectivity index (χ2n) is 5.72. The summed E-state index contributed by atoms with van der Waals surface area (Å²) < 4.78 is 0. The molecule has 1 heteroatoms. The summed E-state index contributed by atoms with van der Waals surface area (Å²) in [7, 11) is 0. The van der Waals surface area contributed by atoms with Crippen LogP contribution in [-0.2, 0) is 0 Å². The average Bonchev–Trinajstić information content (AvgIpc) is 3.02. The molecule has 0 fully saturated rings. The minimum atomic E-state index is 0.312. The van der Waals surface area contributed by atoms with Crippen LogP contribution in [0.5, 0.6) is 0 Å². The molecule has 0 saturated heterocycles. The van der Waals surface area contributed by atoms with Gasteiger partial charge in [-0.05, 0) is 47.4 Å². The molecule has 0 nitrogen and oxygen atoms in total. The van der Waals surface area contributed by atoms with Gasteiger partial charge in [0.15, 0.2) is 0 Å². The molecule has 0 amide bonds. The third-order valence-corrected chi connectivity index (χ3v) is 4.53. The van der Waals surface area contributed by atoms with Gasteiger partial charge in [0.2, 0.25) is 0 Å². The fourth-order valence-electron chi connectivity index (χ4n) is 2.71. The molecular formula is C21H20S. The van der Waals surface area contributed by atoms with Crippen LogP contribution < -0.4 is 0 Å². The summed E-state index contributed by atoms with van der Waals surface area (Å²) in [6, 6.07) is 19.6.